The number of nitrogens with one attached hydrogen (secondary N) is 1. The molecule has 0 heterocycles. The van der Waals surface area contributed by atoms with Gasteiger partial charge in [0.25, 0.3) is 0 Å². The van der Waals surface area contributed by atoms with Crippen molar-refractivity contribution in [3.8, 4) is 6.07 Å². The molecule has 0 bridgehead atoms. The molecule has 2 rings (SSSR count). The Hall–Kier alpha value is -2.12. The molecule has 0 aliphatic carbocycles. The highest BCUT2D eigenvalue weighted by Gasteiger charge is 2.04. The smallest absolute Gasteiger partial charge is 0.143 e. The van der Waals surface area contributed by atoms with Crippen molar-refractivity contribution in [3.05, 3.63) is 58.6 Å². The maximum Gasteiger partial charge on any atom is 0.143 e. The minimum Gasteiger partial charge on any atom is -0.355 e. The second-order valence-corrected chi connectivity index (χ2v) is 4.00. The van der Waals surface area contributed by atoms with Crippen LogP contribution >= 0.6 is 11.6 Å². The van der Waals surface area contributed by atoms with Crippen molar-refractivity contribution in [1.82, 2.24) is 0 Å². The molecule has 2 aromatic rings. The van der Waals surface area contributed by atoms with E-state index in [1.54, 1.807) is 6.07 Å². The van der Waals surface area contributed by atoms with Crippen LogP contribution in [0.2, 0.25) is 5.02 Å². The fraction of sp³-hybridized carbons (Fsp3) is 0. The van der Waals surface area contributed by atoms with Crippen molar-refractivity contribution < 1.29 is 8.78 Å². The zero-order chi connectivity index (χ0) is 13.1. The van der Waals surface area contributed by atoms with Crippen molar-refractivity contribution in [1.29, 1.82) is 5.26 Å². The number of hydrogen-bond donors (Lipinski definition) is 1. The number of halogens is 3. The quantitative estimate of drug-likeness (QED) is 0.881. The van der Waals surface area contributed by atoms with Gasteiger partial charge in [-0.15, -0.1) is 0 Å². The molecule has 2 nitrogen and oxygen atoms in total. The van der Waals surface area contributed by atoms with Crippen LogP contribution in [-0.4, -0.2) is 0 Å². The molecular weight excluding hydrogens is 258 g/mol. The summed E-state index contributed by atoms with van der Waals surface area (Å²) >= 11 is 5.55. The molecule has 0 amide bonds. The lowest BCUT2D eigenvalue weighted by atomic mass is 10.2. The van der Waals surface area contributed by atoms with E-state index in [1.165, 1.54) is 24.3 Å². The van der Waals surface area contributed by atoms with Gasteiger partial charge in [0.2, 0.25) is 0 Å². The molecule has 5 heteroatoms. The molecule has 0 atom stereocenters. The van der Waals surface area contributed by atoms with Crippen LogP contribution in [0.4, 0.5) is 20.2 Å². The summed E-state index contributed by atoms with van der Waals surface area (Å²) in [6.07, 6.45) is 0. The van der Waals surface area contributed by atoms with Crippen LogP contribution in [-0.2, 0) is 0 Å². The number of nitrogens with zero attached hydrogens (tertiary/aromatic N) is 1. The van der Waals surface area contributed by atoms with E-state index in [2.05, 4.69) is 5.32 Å². The van der Waals surface area contributed by atoms with E-state index in [0.29, 0.717) is 11.4 Å². The number of nitriles is 1. The summed E-state index contributed by atoms with van der Waals surface area (Å²) in [5.74, 6) is -1.11. The van der Waals surface area contributed by atoms with E-state index < -0.39 is 11.6 Å². The van der Waals surface area contributed by atoms with Gasteiger partial charge >= 0.3 is 0 Å². The summed E-state index contributed by atoms with van der Waals surface area (Å²) in [6.45, 7) is 0. The fourth-order valence-corrected chi connectivity index (χ4v) is 1.58. The summed E-state index contributed by atoms with van der Waals surface area (Å²) < 4.78 is 26.4. The van der Waals surface area contributed by atoms with E-state index in [0.717, 1.165) is 6.07 Å². The Balaban J connectivity index is 2.31. The molecule has 0 unspecified atom stereocenters. The third-order valence-electron chi connectivity index (χ3n) is 2.24. The average Bonchev–Trinajstić information content (AvgIpc) is 2.33. The molecule has 0 radical (unpaired) electrons. The van der Waals surface area contributed by atoms with Gasteiger partial charge in [-0.2, -0.15) is 5.26 Å². The third-order valence-corrected chi connectivity index (χ3v) is 2.54. The Bertz CT molecular complexity index is 635. The van der Waals surface area contributed by atoms with Gasteiger partial charge in [0.05, 0.1) is 16.7 Å². The zero-order valence-electron chi connectivity index (χ0n) is 9.05. The van der Waals surface area contributed by atoms with E-state index in [4.69, 9.17) is 16.9 Å². The van der Waals surface area contributed by atoms with Crippen LogP contribution in [0.15, 0.2) is 36.4 Å². The minimum absolute atomic E-state index is 0.0116. The van der Waals surface area contributed by atoms with Crippen molar-refractivity contribution in [2.75, 3.05) is 5.32 Å². The number of anilines is 2. The molecule has 0 fully saturated rings. The molecule has 0 aromatic heterocycles. The van der Waals surface area contributed by atoms with Crippen molar-refractivity contribution >= 4 is 23.0 Å². The van der Waals surface area contributed by atoms with Crippen LogP contribution in [0.25, 0.3) is 0 Å². The summed E-state index contributed by atoms with van der Waals surface area (Å²) in [5.41, 5.74) is 0.978. The summed E-state index contributed by atoms with van der Waals surface area (Å²) in [7, 11) is 0. The van der Waals surface area contributed by atoms with Gasteiger partial charge < -0.3 is 5.32 Å². The Morgan fingerprint density at radius 2 is 1.83 bits per heavy atom. The normalized spacial score (nSPS) is 9.89. The molecule has 0 aliphatic rings. The third kappa shape index (κ3) is 2.76. The predicted molar refractivity (Wildman–Crippen MR) is 65.8 cm³/mol. The van der Waals surface area contributed by atoms with Gasteiger partial charge in [-0.25, -0.2) is 8.78 Å². The van der Waals surface area contributed by atoms with E-state index in [-0.39, 0.29) is 10.6 Å². The predicted octanol–water partition coefficient (Wildman–Crippen LogP) is 4.23. The lowest BCUT2D eigenvalue weighted by molar-refractivity contribution is 0.628. The van der Waals surface area contributed by atoms with Crippen molar-refractivity contribution in [2.24, 2.45) is 0 Å². The van der Waals surface area contributed by atoms with E-state index in [1.807, 2.05) is 6.07 Å². The molecule has 18 heavy (non-hydrogen) atoms. The molecule has 0 saturated heterocycles. The summed E-state index contributed by atoms with van der Waals surface area (Å²) in [5, 5.41) is 11.5. The molecule has 90 valence electrons. The molecular formula is C13H7ClF2N2. The number of benzene rings is 2. The highest BCUT2D eigenvalue weighted by atomic mass is 35.5. The number of rotatable bonds is 2. The van der Waals surface area contributed by atoms with E-state index >= 15 is 0 Å². The Morgan fingerprint density at radius 3 is 2.50 bits per heavy atom. The number of hydrogen-bond acceptors (Lipinski definition) is 2. The van der Waals surface area contributed by atoms with Gasteiger partial charge in [-0.05, 0) is 36.4 Å². The first kappa shape index (κ1) is 12.3. The molecule has 0 aliphatic heterocycles. The minimum atomic E-state index is -0.571. The highest BCUT2D eigenvalue weighted by Crippen LogP contribution is 2.23. The van der Waals surface area contributed by atoms with Gasteiger partial charge in [0, 0.05) is 11.4 Å². The molecule has 2 aromatic carbocycles. The lowest BCUT2D eigenvalue weighted by Crippen LogP contribution is -1.93. The van der Waals surface area contributed by atoms with Crippen LogP contribution in [0.1, 0.15) is 5.56 Å². The second kappa shape index (κ2) is 5.03. The first-order chi connectivity index (χ1) is 8.58. The van der Waals surface area contributed by atoms with Gasteiger partial charge in [0.15, 0.2) is 0 Å². The van der Waals surface area contributed by atoms with Crippen molar-refractivity contribution in [3.63, 3.8) is 0 Å². The van der Waals surface area contributed by atoms with Crippen LogP contribution < -0.4 is 5.32 Å². The lowest BCUT2D eigenvalue weighted by Gasteiger charge is -2.07. The van der Waals surface area contributed by atoms with Crippen molar-refractivity contribution in [2.45, 2.75) is 0 Å². The standard InChI is InChI=1S/C13H7ClF2N2/c14-12-2-1-10(6-13(12)16)18-11-4-8(7-17)3-9(15)5-11/h1-6,18H. The van der Waals surface area contributed by atoms with Gasteiger partial charge in [-0.1, -0.05) is 11.6 Å². The molecule has 0 spiro atoms. The first-order valence-corrected chi connectivity index (χ1v) is 5.39. The maximum atomic E-state index is 13.2. The van der Waals surface area contributed by atoms with Crippen LogP contribution in [0, 0.1) is 23.0 Å². The first-order valence-electron chi connectivity index (χ1n) is 5.01. The summed E-state index contributed by atoms with van der Waals surface area (Å²) in [6, 6.07) is 9.79. The van der Waals surface area contributed by atoms with Crippen LogP contribution in [0.3, 0.4) is 0 Å². The average molecular weight is 265 g/mol. The van der Waals surface area contributed by atoms with Crippen LogP contribution in [0.5, 0.6) is 0 Å². The SMILES string of the molecule is N#Cc1cc(F)cc(Nc2ccc(Cl)c(F)c2)c1. The van der Waals surface area contributed by atoms with E-state index in [9.17, 15) is 8.78 Å². The maximum absolute atomic E-state index is 13.2. The highest BCUT2D eigenvalue weighted by molar-refractivity contribution is 6.30. The Kier molecular flexibility index (Phi) is 3.45. The Morgan fingerprint density at radius 1 is 1.06 bits per heavy atom. The largest absolute Gasteiger partial charge is 0.355 e. The fourth-order valence-electron chi connectivity index (χ4n) is 1.47. The second-order valence-electron chi connectivity index (χ2n) is 3.59. The van der Waals surface area contributed by atoms with Gasteiger partial charge in [0.1, 0.15) is 11.6 Å². The molecule has 0 saturated carbocycles. The molecule has 1 N–H and O–H groups in total. The topological polar surface area (TPSA) is 35.8 Å². The summed E-state index contributed by atoms with van der Waals surface area (Å²) in [4.78, 5) is 0. The Labute approximate surface area is 107 Å². The van der Waals surface area contributed by atoms with Gasteiger partial charge in [-0.3, -0.25) is 0 Å². The monoisotopic (exact) mass is 264 g/mol. The zero-order valence-corrected chi connectivity index (χ0v) is 9.80.